The third-order valence-corrected chi connectivity index (χ3v) is 6.70. The number of nitrogens with one attached hydrogen (secondary N) is 1. The first kappa shape index (κ1) is 19.1. The number of halogens is 2. The second-order valence-corrected chi connectivity index (χ2v) is 9.01. The number of pyridine rings is 1. The smallest absolute Gasteiger partial charge is 0.147 e. The molecule has 1 atom stereocenters. The largest absolute Gasteiger partial charge is 0.483 e. The van der Waals surface area contributed by atoms with Crippen molar-refractivity contribution in [2.45, 2.75) is 25.5 Å². The van der Waals surface area contributed by atoms with E-state index in [1.165, 1.54) is 11.3 Å². The number of hydrogen-bond donors (Lipinski definition) is 1. The minimum atomic E-state index is -0.121. The SMILES string of the molecule is Cn1nc(C2Cc3cc(Cl)cc(-c4ccnc5cc(Cl)ccc45)c3O2)c2c1CCNC2. The van der Waals surface area contributed by atoms with Crippen molar-refractivity contribution in [2.24, 2.45) is 7.05 Å². The number of benzene rings is 2. The van der Waals surface area contributed by atoms with Crippen molar-refractivity contribution in [1.29, 1.82) is 0 Å². The molecule has 2 aliphatic rings. The summed E-state index contributed by atoms with van der Waals surface area (Å²) in [6.45, 7) is 1.81. The molecule has 2 aromatic carbocycles. The topological polar surface area (TPSA) is 52.0 Å². The molecule has 156 valence electrons. The van der Waals surface area contributed by atoms with E-state index in [-0.39, 0.29) is 6.10 Å². The van der Waals surface area contributed by atoms with Gasteiger partial charge in [-0.05, 0) is 35.9 Å². The van der Waals surface area contributed by atoms with Crippen LogP contribution in [0.5, 0.6) is 5.75 Å². The lowest BCUT2D eigenvalue weighted by Crippen LogP contribution is -2.25. The summed E-state index contributed by atoms with van der Waals surface area (Å²) < 4.78 is 8.58. The summed E-state index contributed by atoms with van der Waals surface area (Å²) in [6.07, 6.45) is 3.42. The highest BCUT2D eigenvalue weighted by atomic mass is 35.5. The van der Waals surface area contributed by atoms with Crippen molar-refractivity contribution < 1.29 is 4.74 Å². The van der Waals surface area contributed by atoms with Crippen molar-refractivity contribution in [3.05, 3.63) is 75.2 Å². The Bertz CT molecular complexity index is 1350. The standard InChI is InChI=1S/C24H20Cl2N4O/c1-30-21-5-6-27-12-19(21)23(29-30)22-9-13-8-15(26)10-18(24(13)31-22)16-4-7-28-20-11-14(25)2-3-17(16)20/h2-4,7-8,10-11,22,27H,5-6,9,12H2,1H3. The first-order chi connectivity index (χ1) is 15.1. The Morgan fingerprint density at radius 2 is 2.00 bits per heavy atom. The highest BCUT2D eigenvalue weighted by molar-refractivity contribution is 6.31. The van der Waals surface area contributed by atoms with Crippen molar-refractivity contribution in [3.63, 3.8) is 0 Å². The molecule has 1 N–H and O–H groups in total. The van der Waals surface area contributed by atoms with Crippen LogP contribution in [0.2, 0.25) is 10.0 Å². The molecule has 0 radical (unpaired) electrons. The quantitative estimate of drug-likeness (QED) is 0.452. The number of rotatable bonds is 2. The first-order valence-electron chi connectivity index (χ1n) is 10.4. The maximum atomic E-state index is 6.58. The molecule has 0 spiro atoms. The number of ether oxygens (including phenoxy) is 1. The average molecular weight is 451 g/mol. The number of fused-ring (bicyclic) bond motifs is 3. The maximum absolute atomic E-state index is 6.58. The van der Waals surface area contributed by atoms with E-state index in [2.05, 4.69) is 10.3 Å². The minimum absolute atomic E-state index is 0.121. The van der Waals surface area contributed by atoms with E-state index < -0.39 is 0 Å². The Kier molecular flexibility index (Phi) is 4.46. The Labute approximate surface area is 190 Å². The second kappa shape index (κ2) is 7.23. The summed E-state index contributed by atoms with van der Waals surface area (Å²) in [4.78, 5) is 4.48. The zero-order chi connectivity index (χ0) is 21.1. The molecule has 1 unspecified atom stereocenters. The normalized spacial score (nSPS) is 17.5. The van der Waals surface area contributed by atoms with Gasteiger partial charge in [0.15, 0.2) is 0 Å². The summed E-state index contributed by atoms with van der Waals surface area (Å²) in [7, 11) is 2.02. The molecule has 4 aromatic rings. The lowest BCUT2D eigenvalue weighted by atomic mass is 9.97. The van der Waals surface area contributed by atoms with Gasteiger partial charge < -0.3 is 10.1 Å². The molecule has 6 rings (SSSR count). The molecule has 0 saturated heterocycles. The Hall–Kier alpha value is -2.60. The first-order valence-corrected chi connectivity index (χ1v) is 11.1. The monoisotopic (exact) mass is 450 g/mol. The van der Waals surface area contributed by atoms with Crippen molar-refractivity contribution in [2.75, 3.05) is 6.54 Å². The lowest BCUT2D eigenvalue weighted by Gasteiger charge is -2.17. The Morgan fingerprint density at radius 1 is 1.10 bits per heavy atom. The maximum Gasteiger partial charge on any atom is 0.147 e. The molecule has 0 bridgehead atoms. The highest BCUT2D eigenvalue weighted by Crippen LogP contribution is 2.47. The molecule has 0 fully saturated rings. The van der Waals surface area contributed by atoms with Crippen LogP contribution in [0.4, 0.5) is 0 Å². The van der Waals surface area contributed by atoms with Gasteiger partial charge in [0.05, 0.1) is 5.52 Å². The van der Waals surface area contributed by atoms with Crippen molar-refractivity contribution in [3.8, 4) is 16.9 Å². The van der Waals surface area contributed by atoms with E-state index >= 15 is 0 Å². The van der Waals surface area contributed by atoms with Crippen LogP contribution < -0.4 is 10.1 Å². The molecular weight excluding hydrogens is 431 g/mol. The summed E-state index contributed by atoms with van der Waals surface area (Å²) >= 11 is 12.7. The molecule has 0 saturated carbocycles. The number of aryl methyl sites for hydroxylation is 1. The van der Waals surface area contributed by atoms with Gasteiger partial charge in [0, 0.05) is 77.0 Å². The summed E-state index contributed by atoms with van der Waals surface area (Å²) in [5.41, 5.74) is 7.54. The fourth-order valence-corrected chi connectivity index (χ4v) is 5.25. The van der Waals surface area contributed by atoms with Crippen LogP contribution in [0.1, 0.15) is 28.6 Å². The van der Waals surface area contributed by atoms with Gasteiger partial charge in [-0.25, -0.2) is 0 Å². The Balaban J connectivity index is 1.47. The highest BCUT2D eigenvalue weighted by Gasteiger charge is 2.33. The van der Waals surface area contributed by atoms with Gasteiger partial charge in [-0.15, -0.1) is 0 Å². The summed E-state index contributed by atoms with van der Waals surface area (Å²) in [5.74, 6) is 0.875. The minimum Gasteiger partial charge on any atom is -0.483 e. The summed E-state index contributed by atoms with van der Waals surface area (Å²) in [6, 6.07) is 11.8. The van der Waals surface area contributed by atoms with Crippen LogP contribution in [0, 0.1) is 0 Å². The van der Waals surface area contributed by atoms with Crippen LogP contribution in [0.25, 0.3) is 22.0 Å². The van der Waals surface area contributed by atoms with Gasteiger partial charge in [-0.1, -0.05) is 29.3 Å². The number of aromatic nitrogens is 3. The molecular formula is C24H20Cl2N4O. The Morgan fingerprint density at radius 3 is 2.90 bits per heavy atom. The molecule has 4 heterocycles. The molecule has 2 aliphatic heterocycles. The van der Waals surface area contributed by atoms with Gasteiger partial charge in [-0.2, -0.15) is 5.10 Å². The van der Waals surface area contributed by atoms with E-state index in [1.807, 2.05) is 48.1 Å². The molecule has 0 amide bonds. The van der Waals surface area contributed by atoms with Crippen LogP contribution in [0.3, 0.4) is 0 Å². The molecule has 31 heavy (non-hydrogen) atoms. The second-order valence-electron chi connectivity index (χ2n) is 8.13. The molecule has 0 aliphatic carbocycles. The average Bonchev–Trinajstić information content (AvgIpc) is 3.34. The zero-order valence-corrected chi connectivity index (χ0v) is 18.5. The fraction of sp³-hybridized carbons (Fsp3) is 0.250. The number of hydrogen-bond acceptors (Lipinski definition) is 4. The number of nitrogens with zero attached hydrogens (tertiary/aromatic N) is 3. The van der Waals surface area contributed by atoms with E-state index in [1.54, 1.807) is 6.20 Å². The molecule has 2 aromatic heterocycles. The third-order valence-electron chi connectivity index (χ3n) is 6.24. The van der Waals surface area contributed by atoms with Gasteiger partial charge in [-0.3, -0.25) is 9.67 Å². The predicted octanol–water partition coefficient (Wildman–Crippen LogP) is 5.26. The lowest BCUT2D eigenvalue weighted by molar-refractivity contribution is 0.231. The van der Waals surface area contributed by atoms with Gasteiger partial charge in [0.25, 0.3) is 0 Å². The molecule has 5 nitrogen and oxygen atoms in total. The van der Waals surface area contributed by atoms with Crippen LogP contribution in [-0.2, 0) is 26.4 Å². The molecule has 7 heteroatoms. The van der Waals surface area contributed by atoms with Gasteiger partial charge >= 0.3 is 0 Å². The predicted molar refractivity (Wildman–Crippen MR) is 123 cm³/mol. The van der Waals surface area contributed by atoms with Crippen LogP contribution >= 0.6 is 23.2 Å². The van der Waals surface area contributed by atoms with E-state index in [9.17, 15) is 0 Å². The van der Waals surface area contributed by atoms with Crippen LogP contribution in [-0.4, -0.2) is 21.3 Å². The van der Waals surface area contributed by atoms with Gasteiger partial charge in [0.1, 0.15) is 17.5 Å². The zero-order valence-electron chi connectivity index (χ0n) is 17.0. The fourth-order valence-electron chi connectivity index (χ4n) is 4.84. The summed E-state index contributed by atoms with van der Waals surface area (Å²) in [5, 5.41) is 10.7. The van der Waals surface area contributed by atoms with E-state index in [0.29, 0.717) is 10.0 Å². The van der Waals surface area contributed by atoms with Gasteiger partial charge in [0.2, 0.25) is 0 Å². The van der Waals surface area contributed by atoms with E-state index in [0.717, 1.165) is 65.0 Å². The third kappa shape index (κ3) is 3.11. The van der Waals surface area contributed by atoms with Crippen LogP contribution in [0.15, 0.2) is 42.6 Å². The van der Waals surface area contributed by atoms with Crippen molar-refractivity contribution in [1.82, 2.24) is 20.1 Å². The van der Waals surface area contributed by atoms with Crippen molar-refractivity contribution >= 4 is 34.1 Å². The van der Waals surface area contributed by atoms with E-state index in [4.69, 9.17) is 33.0 Å².